The Bertz CT molecular complexity index is 420. The lowest BCUT2D eigenvalue weighted by molar-refractivity contribution is -0.127. The first kappa shape index (κ1) is 13.8. The molecule has 100 valence electrons. The quantitative estimate of drug-likeness (QED) is 0.768. The number of carbonyl (C=O) groups is 1. The number of nitrogens with one attached hydrogen (secondary N) is 2. The van der Waals surface area contributed by atoms with Gasteiger partial charge in [-0.3, -0.25) is 4.79 Å². The van der Waals surface area contributed by atoms with Crippen molar-refractivity contribution in [2.75, 3.05) is 19.6 Å². The van der Waals surface area contributed by atoms with Crippen LogP contribution in [0.2, 0.25) is 4.34 Å². The first-order valence-electron chi connectivity index (χ1n) is 5.99. The molecule has 2 rings (SSSR count). The molecule has 1 saturated heterocycles. The molecular weight excluding hydrogens is 272 g/mol. The van der Waals surface area contributed by atoms with E-state index in [2.05, 4.69) is 10.6 Å². The van der Waals surface area contributed by atoms with Gasteiger partial charge in [-0.1, -0.05) is 18.5 Å². The number of aliphatic hydroxyl groups is 1. The lowest BCUT2D eigenvalue weighted by atomic mass is 9.88. The molecule has 1 aliphatic rings. The summed E-state index contributed by atoms with van der Waals surface area (Å²) in [6.07, 6.45) is -0.682. The molecule has 0 saturated carbocycles. The fraction of sp³-hybridized carbons (Fsp3) is 0.583. The third-order valence-electron chi connectivity index (χ3n) is 3.33. The first-order chi connectivity index (χ1) is 8.58. The molecular formula is C12H17ClN2O2S. The molecule has 0 radical (unpaired) electrons. The van der Waals surface area contributed by atoms with Gasteiger partial charge in [-0.15, -0.1) is 11.3 Å². The summed E-state index contributed by atoms with van der Waals surface area (Å²) in [4.78, 5) is 12.6. The van der Waals surface area contributed by atoms with Crippen LogP contribution in [-0.4, -0.2) is 30.6 Å². The molecule has 18 heavy (non-hydrogen) atoms. The van der Waals surface area contributed by atoms with Crippen molar-refractivity contribution in [3.8, 4) is 0 Å². The van der Waals surface area contributed by atoms with E-state index >= 15 is 0 Å². The van der Waals surface area contributed by atoms with Gasteiger partial charge in [0, 0.05) is 17.3 Å². The van der Waals surface area contributed by atoms with Crippen LogP contribution in [-0.2, 0) is 4.79 Å². The van der Waals surface area contributed by atoms with Crippen LogP contribution in [0.15, 0.2) is 12.1 Å². The second kappa shape index (κ2) is 6.02. The van der Waals surface area contributed by atoms with E-state index in [4.69, 9.17) is 11.6 Å². The van der Waals surface area contributed by atoms with E-state index in [-0.39, 0.29) is 18.4 Å². The molecule has 2 heterocycles. The Morgan fingerprint density at radius 2 is 2.39 bits per heavy atom. The zero-order chi connectivity index (χ0) is 13.1. The SMILES string of the molecule is CC(C(=O)NCC(O)c1ccc(Cl)s1)C1CNC1. The minimum absolute atomic E-state index is 0.00297. The fourth-order valence-electron chi connectivity index (χ4n) is 1.84. The highest BCUT2D eigenvalue weighted by Crippen LogP contribution is 2.26. The molecule has 1 aliphatic heterocycles. The summed E-state index contributed by atoms with van der Waals surface area (Å²) in [5.41, 5.74) is 0. The largest absolute Gasteiger partial charge is 0.386 e. The van der Waals surface area contributed by atoms with Gasteiger partial charge < -0.3 is 15.7 Å². The highest BCUT2D eigenvalue weighted by atomic mass is 35.5. The van der Waals surface area contributed by atoms with E-state index in [1.165, 1.54) is 11.3 Å². The van der Waals surface area contributed by atoms with Crippen molar-refractivity contribution in [2.24, 2.45) is 11.8 Å². The predicted octanol–water partition coefficient (Wildman–Crippen LogP) is 1.41. The number of halogens is 1. The van der Waals surface area contributed by atoms with Crippen molar-refractivity contribution >= 4 is 28.8 Å². The van der Waals surface area contributed by atoms with Crippen molar-refractivity contribution in [1.82, 2.24) is 10.6 Å². The van der Waals surface area contributed by atoms with Gasteiger partial charge >= 0.3 is 0 Å². The van der Waals surface area contributed by atoms with Gasteiger partial charge in [0.25, 0.3) is 0 Å². The second-order valence-corrected chi connectivity index (χ2v) is 6.36. The lowest BCUT2D eigenvalue weighted by Gasteiger charge is -2.31. The molecule has 1 aromatic heterocycles. The second-order valence-electron chi connectivity index (χ2n) is 4.61. The number of hydrogen-bond donors (Lipinski definition) is 3. The van der Waals surface area contributed by atoms with Crippen LogP contribution in [0, 0.1) is 11.8 Å². The van der Waals surface area contributed by atoms with Gasteiger partial charge in [0.1, 0.15) is 6.10 Å². The summed E-state index contributed by atoms with van der Waals surface area (Å²) in [6, 6.07) is 3.53. The van der Waals surface area contributed by atoms with Crippen LogP contribution >= 0.6 is 22.9 Å². The molecule has 2 unspecified atom stereocenters. The Balaban J connectivity index is 1.78. The Labute approximate surface area is 115 Å². The molecule has 6 heteroatoms. The zero-order valence-corrected chi connectivity index (χ0v) is 11.7. The van der Waals surface area contributed by atoms with Crippen LogP contribution in [0.25, 0.3) is 0 Å². The number of rotatable bonds is 5. The van der Waals surface area contributed by atoms with Gasteiger partial charge in [-0.2, -0.15) is 0 Å². The van der Waals surface area contributed by atoms with Crippen molar-refractivity contribution in [3.05, 3.63) is 21.3 Å². The third-order valence-corrected chi connectivity index (χ3v) is 4.66. The van der Waals surface area contributed by atoms with Crippen LogP contribution in [0.5, 0.6) is 0 Å². The molecule has 0 spiro atoms. The zero-order valence-electron chi connectivity index (χ0n) is 10.1. The van der Waals surface area contributed by atoms with E-state index in [0.29, 0.717) is 10.3 Å². The molecule has 3 N–H and O–H groups in total. The maximum Gasteiger partial charge on any atom is 0.223 e. The van der Waals surface area contributed by atoms with E-state index in [1.807, 2.05) is 6.92 Å². The van der Waals surface area contributed by atoms with E-state index in [1.54, 1.807) is 12.1 Å². The van der Waals surface area contributed by atoms with Crippen LogP contribution in [0.3, 0.4) is 0 Å². The van der Waals surface area contributed by atoms with Gasteiger partial charge in [0.15, 0.2) is 0 Å². The molecule has 0 aromatic carbocycles. The molecule has 0 aliphatic carbocycles. The highest BCUT2D eigenvalue weighted by molar-refractivity contribution is 7.16. The minimum atomic E-state index is -0.682. The van der Waals surface area contributed by atoms with Crippen molar-refractivity contribution in [2.45, 2.75) is 13.0 Å². The molecule has 2 atom stereocenters. The number of thiophene rings is 1. The molecule has 0 bridgehead atoms. The standard InChI is InChI=1S/C12H17ClN2O2S/c1-7(8-4-14-5-8)12(17)15-6-9(16)10-2-3-11(13)18-10/h2-3,7-9,14,16H,4-6H2,1H3,(H,15,17). The Morgan fingerprint density at radius 1 is 1.67 bits per heavy atom. The van der Waals surface area contributed by atoms with Crippen molar-refractivity contribution < 1.29 is 9.90 Å². The highest BCUT2D eigenvalue weighted by Gasteiger charge is 2.28. The minimum Gasteiger partial charge on any atom is -0.386 e. The van der Waals surface area contributed by atoms with Gasteiger partial charge in [0.05, 0.1) is 4.34 Å². The predicted molar refractivity (Wildman–Crippen MR) is 72.8 cm³/mol. The monoisotopic (exact) mass is 288 g/mol. The molecule has 1 amide bonds. The maximum atomic E-state index is 11.8. The number of carbonyl (C=O) groups excluding carboxylic acids is 1. The summed E-state index contributed by atoms with van der Waals surface area (Å²) >= 11 is 7.13. The third kappa shape index (κ3) is 3.23. The average molecular weight is 289 g/mol. The van der Waals surface area contributed by atoms with Crippen LogP contribution in [0.4, 0.5) is 0 Å². The average Bonchev–Trinajstić information content (AvgIpc) is 2.69. The lowest BCUT2D eigenvalue weighted by Crippen LogP contribution is -2.49. The van der Waals surface area contributed by atoms with E-state index in [9.17, 15) is 9.90 Å². The smallest absolute Gasteiger partial charge is 0.223 e. The Kier molecular flexibility index (Phi) is 4.61. The summed E-state index contributed by atoms with van der Waals surface area (Å²) < 4.78 is 0.643. The molecule has 1 aromatic rings. The molecule has 4 nitrogen and oxygen atoms in total. The van der Waals surface area contributed by atoms with Crippen LogP contribution in [0.1, 0.15) is 17.9 Å². The first-order valence-corrected chi connectivity index (χ1v) is 7.19. The Hall–Kier alpha value is -0.620. The van der Waals surface area contributed by atoms with Gasteiger partial charge in [0.2, 0.25) is 5.91 Å². The van der Waals surface area contributed by atoms with Gasteiger partial charge in [-0.25, -0.2) is 0 Å². The van der Waals surface area contributed by atoms with Crippen molar-refractivity contribution in [3.63, 3.8) is 0 Å². The number of amides is 1. The van der Waals surface area contributed by atoms with Crippen LogP contribution < -0.4 is 10.6 Å². The van der Waals surface area contributed by atoms with E-state index in [0.717, 1.165) is 18.0 Å². The van der Waals surface area contributed by atoms with E-state index < -0.39 is 6.10 Å². The molecule has 1 fully saturated rings. The topological polar surface area (TPSA) is 61.4 Å². The maximum absolute atomic E-state index is 11.8. The summed E-state index contributed by atoms with van der Waals surface area (Å²) in [6.45, 7) is 3.96. The number of aliphatic hydroxyl groups excluding tert-OH is 1. The summed E-state index contributed by atoms with van der Waals surface area (Å²) in [5, 5.41) is 15.8. The summed E-state index contributed by atoms with van der Waals surface area (Å²) in [7, 11) is 0. The summed E-state index contributed by atoms with van der Waals surface area (Å²) in [5.74, 6) is 0.409. The van der Waals surface area contributed by atoms with Gasteiger partial charge in [-0.05, 0) is 31.1 Å². The van der Waals surface area contributed by atoms with Crippen molar-refractivity contribution in [1.29, 1.82) is 0 Å². The number of hydrogen-bond acceptors (Lipinski definition) is 4. The fourth-order valence-corrected chi connectivity index (χ4v) is 2.89. The normalized spacial score (nSPS) is 19.1. The Morgan fingerprint density at radius 3 is 2.89 bits per heavy atom.